The van der Waals surface area contributed by atoms with Gasteiger partial charge in [0.2, 0.25) is 0 Å². The summed E-state index contributed by atoms with van der Waals surface area (Å²) in [5.74, 6) is 2.59. The van der Waals surface area contributed by atoms with Gasteiger partial charge in [-0.15, -0.1) is 0 Å². The Morgan fingerprint density at radius 2 is 2.40 bits per heavy atom. The van der Waals surface area contributed by atoms with E-state index in [1.807, 2.05) is 0 Å². The van der Waals surface area contributed by atoms with Crippen molar-refractivity contribution in [3.8, 4) is 0 Å². The van der Waals surface area contributed by atoms with Gasteiger partial charge in [0.15, 0.2) is 0 Å². The van der Waals surface area contributed by atoms with E-state index in [9.17, 15) is 0 Å². The number of benzene rings is 1. The van der Waals surface area contributed by atoms with Gasteiger partial charge in [-0.2, -0.15) is 11.8 Å². The minimum absolute atomic E-state index is 0.721. The van der Waals surface area contributed by atoms with Crippen LogP contribution in [0.15, 0.2) is 22.7 Å². The van der Waals surface area contributed by atoms with Crippen molar-refractivity contribution in [2.75, 3.05) is 11.5 Å². The zero-order valence-corrected chi connectivity index (χ0v) is 11.3. The van der Waals surface area contributed by atoms with E-state index in [-0.39, 0.29) is 0 Å². The van der Waals surface area contributed by atoms with Crippen molar-refractivity contribution in [2.24, 2.45) is 0 Å². The van der Waals surface area contributed by atoms with Crippen molar-refractivity contribution in [1.29, 1.82) is 0 Å². The van der Waals surface area contributed by atoms with Gasteiger partial charge in [-0.1, -0.05) is 28.1 Å². The molecule has 1 N–H and O–H groups in total. The Morgan fingerprint density at radius 1 is 1.53 bits per heavy atom. The van der Waals surface area contributed by atoms with Crippen LogP contribution in [-0.2, 0) is 6.54 Å². The van der Waals surface area contributed by atoms with Crippen molar-refractivity contribution in [3.05, 3.63) is 33.8 Å². The van der Waals surface area contributed by atoms with Gasteiger partial charge in [-0.05, 0) is 36.3 Å². The Morgan fingerprint density at radius 3 is 3.07 bits per heavy atom. The molecule has 2 rings (SSSR count). The van der Waals surface area contributed by atoms with Gasteiger partial charge < -0.3 is 5.32 Å². The summed E-state index contributed by atoms with van der Waals surface area (Å²) in [5, 5.41) is 3.61. The number of nitrogens with one attached hydrogen (secondary N) is 1. The predicted molar refractivity (Wildman–Crippen MR) is 71.4 cm³/mol. The third-order valence-corrected chi connectivity index (χ3v) is 4.80. The molecular formula is C12H16BrNS. The lowest BCUT2D eigenvalue weighted by atomic mass is 10.1. The first-order valence-corrected chi connectivity index (χ1v) is 7.26. The zero-order chi connectivity index (χ0) is 10.7. The quantitative estimate of drug-likeness (QED) is 0.914. The molecule has 1 saturated heterocycles. The average molecular weight is 286 g/mol. The lowest BCUT2D eigenvalue weighted by Crippen LogP contribution is -2.27. The molecule has 1 heterocycles. The topological polar surface area (TPSA) is 12.0 Å². The molecule has 1 fully saturated rings. The Bertz CT molecular complexity index is 334. The summed E-state index contributed by atoms with van der Waals surface area (Å²) in [6, 6.07) is 7.29. The molecule has 0 spiro atoms. The minimum Gasteiger partial charge on any atom is -0.309 e. The molecule has 1 atom stereocenters. The molecule has 1 unspecified atom stereocenters. The number of hydrogen-bond acceptors (Lipinski definition) is 2. The van der Waals surface area contributed by atoms with E-state index in [1.165, 1.54) is 33.5 Å². The first-order valence-electron chi connectivity index (χ1n) is 5.32. The van der Waals surface area contributed by atoms with E-state index >= 15 is 0 Å². The van der Waals surface area contributed by atoms with Gasteiger partial charge in [0.05, 0.1) is 0 Å². The summed E-state index contributed by atoms with van der Waals surface area (Å²) in [4.78, 5) is 0. The second-order valence-corrected chi connectivity index (χ2v) is 6.03. The first-order chi connectivity index (χ1) is 7.25. The highest BCUT2D eigenvalue weighted by molar-refractivity contribution is 9.10. The SMILES string of the molecule is Cc1cc(CNC2CCSC2)ccc1Br. The van der Waals surface area contributed by atoms with Crippen molar-refractivity contribution >= 4 is 27.7 Å². The zero-order valence-electron chi connectivity index (χ0n) is 8.92. The normalized spacial score (nSPS) is 20.8. The van der Waals surface area contributed by atoms with Crippen molar-refractivity contribution < 1.29 is 0 Å². The fourth-order valence-corrected chi connectivity index (χ4v) is 3.21. The van der Waals surface area contributed by atoms with Crippen LogP contribution in [0.2, 0.25) is 0 Å². The summed E-state index contributed by atoms with van der Waals surface area (Å²) in [6.45, 7) is 3.14. The molecule has 15 heavy (non-hydrogen) atoms. The maximum Gasteiger partial charge on any atom is 0.0208 e. The lowest BCUT2D eigenvalue weighted by molar-refractivity contribution is 0.558. The number of thioether (sulfide) groups is 1. The Labute approximate surface area is 104 Å². The number of aryl methyl sites for hydroxylation is 1. The first kappa shape index (κ1) is 11.5. The highest BCUT2D eigenvalue weighted by Crippen LogP contribution is 2.19. The van der Waals surface area contributed by atoms with Crippen molar-refractivity contribution in [1.82, 2.24) is 5.32 Å². The molecule has 3 heteroatoms. The summed E-state index contributed by atoms with van der Waals surface area (Å²) >= 11 is 5.58. The maximum atomic E-state index is 3.61. The van der Waals surface area contributed by atoms with Crippen LogP contribution in [0.3, 0.4) is 0 Å². The maximum absolute atomic E-state index is 3.61. The standard InChI is InChI=1S/C12H16BrNS/c1-9-6-10(2-3-12(9)13)7-14-11-4-5-15-8-11/h2-3,6,11,14H,4-5,7-8H2,1H3. The van der Waals surface area contributed by atoms with Crippen LogP contribution in [0.1, 0.15) is 17.5 Å². The van der Waals surface area contributed by atoms with Crippen LogP contribution in [-0.4, -0.2) is 17.5 Å². The highest BCUT2D eigenvalue weighted by Gasteiger charge is 2.14. The number of rotatable bonds is 3. The van der Waals surface area contributed by atoms with Crippen LogP contribution in [0.4, 0.5) is 0 Å². The molecule has 1 aliphatic rings. The third kappa shape index (κ3) is 3.23. The van der Waals surface area contributed by atoms with Crippen LogP contribution in [0.5, 0.6) is 0 Å². The van der Waals surface area contributed by atoms with Crippen LogP contribution < -0.4 is 5.32 Å². The molecule has 0 amide bonds. The summed E-state index contributed by atoms with van der Waals surface area (Å²) in [7, 11) is 0. The summed E-state index contributed by atoms with van der Waals surface area (Å²) in [6.07, 6.45) is 1.32. The Hall–Kier alpha value is 0.01000. The van der Waals surface area contributed by atoms with Crippen LogP contribution in [0.25, 0.3) is 0 Å². The lowest BCUT2D eigenvalue weighted by Gasteiger charge is -2.11. The molecular weight excluding hydrogens is 270 g/mol. The van der Waals surface area contributed by atoms with E-state index in [1.54, 1.807) is 0 Å². The molecule has 0 radical (unpaired) electrons. The molecule has 82 valence electrons. The smallest absolute Gasteiger partial charge is 0.0208 e. The molecule has 1 aromatic carbocycles. The van der Waals surface area contributed by atoms with E-state index < -0.39 is 0 Å². The third-order valence-electron chi connectivity index (χ3n) is 2.75. The molecule has 1 nitrogen and oxygen atoms in total. The molecule has 0 aromatic heterocycles. The fourth-order valence-electron chi connectivity index (χ4n) is 1.77. The summed E-state index contributed by atoms with van der Waals surface area (Å²) < 4.78 is 1.20. The molecule has 1 aromatic rings. The Kier molecular flexibility index (Phi) is 4.12. The minimum atomic E-state index is 0.721. The predicted octanol–water partition coefficient (Wildman–Crippen LogP) is 3.35. The van der Waals surface area contributed by atoms with E-state index in [0.29, 0.717) is 0 Å². The van der Waals surface area contributed by atoms with Gasteiger partial charge in [0, 0.05) is 22.8 Å². The van der Waals surface area contributed by atoms with Gasteiger partial charge in [0.25, 0.3) is 0 Å². The van der Waals surface area contributed by atoms with Gasteiger partial charge in [-0.25, -0.2) is 0 Å². The van der Waals surface area contributed by atoms with Gasteiger partial charge >= 0.3 is 0 Å². The van der Waals surface area contributed by atoms with Crippen LogP contribution in [0, 0.1) is 6.92 Å². The average Bonchev–Trinajstić information content (AvgIpc) is 2.73. The second kappa shape index (κ2) is 5.37. The Balaban J connectivity index is 1.90. The molecule has 0 bridgehead atoms. The molecule has 1 aliphatic heterocycles. The van der Waals surface area contributed by atoms with Gasteiger partial charge in [-0.3, -0.25) is 0 Å². The molecule has 0 saturated carbocycles. The van der Waals surface area contributed by atoms with Gasteiger partial charge in [0.1, 0.15) is 0 Å². The highest BCUT2D eigenvalue weighted by atomic mass is 79.9. The summed E-state index contributed by atoms with van der Waals surface area (Å²) in [5.41, 5.74) is 2.70. The van der Waals surface area contributed by atoms with Crippen molar-refractivity contribution in [2.45, 2.75) is 25.9 Å². The largest absolute Gasteiger partial charge is 0.309 e. The van der Waals surface area contributed by atoms with E-state index in [2.05, 4.69) is 58.1 Å². The van der Waals surface area contributed by atoms with E-state index in [0.717, 1.165) is 12.6 Å². The van der Waals surface area contributed by atoms with Crippen molar-refractivity contribution in [3.63, 3.8) is 0 Å². The number of halogens is 1. The second-order valence-electron chi connectivity index (χ2n) is 4.02. The monoisotopic (exact) mass is 285 g/mol. The fraction of sp³-hybridized carbons (Fsp3) is 0.500. The van der Waals surface area contributed by atoms with Crippen LogP contribution >= 0.6 is 27.7 Å². The molecule has 0 aliphatic carbocycles. The number of hydrogen-bond donors (Lipinski definition) is 1. The van der Waals surface area contributed by atoms with E-state index in [4.69, 9.17) is 0 Å².